The zero-order valence-electron chi connectivity index (χ0n) is 11.9. The summed E-state index contributed by atoms with van der Waals surface area (Å²) in [4.78, 5) is 0. The lowest BCUT2D eigenvalue weighted by molar-refractivity contribution is -0.137. The van der Waals surface area contributed by atoms with Gasteiger partial charge in [0, 0.05) is 0 Å². The predicted molar refractivity (Wildman–Crippen MR) is 76.9 cm³/mol. The van der Waals surface area contributed by atoms with Gasteiger partial charge in [0.1, 0.15) is 0 Å². The van der Waals surface area contributed by atoms with Crippen LogP contribution in [0, 0.1) is 0 Å². The molecule has 0 bridgehead atoms. The molecule has 0 amide bonds. The molecule has 0 fully saturated rings. The first kappa shape index (κ1) is 15.6. The number of hydrogen-bond acceptors (Lipinski definition) is 1. The van der Waals surface area contributed by atoms with E-state index in [9.17, 15) is 13.2 Å². The molecule has 0 saturated heterocycles. The Morgan fingerprint density at radius 2 is 1.67 bits per heavy atom. The molecule has 0 radical (unpaired) electrons. The summed E-state index contributed by atoms with van der Waals surface area (Å²) in [7, 11) is 0. The normalized spacial score (nSPS) is 12.0. The second-order valence-corrected chi connectivity index (χ2v) is 5.28. The van der Waals surface area contributed by atoms with Crippen LogP contribution < -0.4 is 0 Å². The summed E-state index contributed by atoms with van der Waals surface area (Å²) in [5.41, 5.74) is 1.17. The topological polar surface area (TPSA) is 20.2 Å². The third-order valence-electron chi connectivity index (χ3n) is 3.44. The molecule has 0 aliphatic rings. The van der Waals surface area contributed by atoms with Gasteiger partial charge in [0.25, 0.3) is 0 Å². The second-order valence-electron chi connectivity index (χ2n) is 5.28. The smallest absolute Gasteiger partial charge is 0.392 e. The number of aliphatic hydroxyl groups excluding tert-OH is 1. The Kier molecular flexibility index (Phi) is 4.37. The maximum Gasteiger partial charge on any atom is 0.417 e. The molecule has 1 N–H and O–H groups in total. The van der Waals surface area contributed by atoms with Gasteiger partial charge < -0.3 is 5.11 Å². The molecule has 0 aliphatic carbocycles. The Hall–Kier alpha value is -1.81. The van der Waals surface area contributed by atoms with Crippen molar-refractivity contribution in [2.75, 3.05) is 0 Å². The van der Waals surface area contributed by atoms with Gasteiger partial charge in [-0.25, -0.2) is 0 Å². The lowest BCUT2D eigenvalue weighted by Gasteiger charge is -2.18. The fourth-order valence-corrected chi connectivity index (χ4v) is 2.40. The SMILES string of the molecule is CC(C)c1ccccc1-c1ccc(CO)cc1C(F)(F)F. The van der Waals surface area contributed by atoms with E-state index in [2.05, 4.69) is 0 Å². The number of rotatable bonds is 3. The van der Waals surface area contributed by atoms with Crippen molar-refractivity contribution in [3.8, 4) is 11.1 Å². The average Bonchev–Trinajstić information content (AvgIpc) is 2.45. The van der Waals surface area contributed by atoms with E-state index in [0.29, 0.717) is 5.56 Å². The number of hydrogen-bond donors (Lipinski definition) is 1. The van der Waals surface area contributed by atoms with Crippen LogP contribution in [0.2, 0.25) is 0 Å². The van der Waals surface area contributed by atoms with E-state index in [1.807, 2.05) is 26.0 Å². The zero-order valence-corrected chi connectivity index (χ0v) is 11.9. The minimum Gasteiger partial charge on any atom is -0.392 e. The highest BCUT2D eigenvalue weighted by atomic mass is 19.4. The molecule has 0 unspecified atom stereocenters. The van der Waals surface area contributed by atoms with Gasteiger partial charge in [-0.3, -0.25) is 0 Å². The van der Waals surface area contributed by atoms with Crippen molar-refractivity contribution >= 4 is 0 Å². The molecule has 0 saturated carbocycles. The highest BCUT2D eigenvalue weighted by molar-refractivity contribution is 5.72. The summed E-state index contributed by atoms with van der Waals surface area (Å²) in [6, 6.07) is 11.1. The van der Waals surface area contributed by atoms with Gasteiger partial charge in [-0.05, 0) is 34.2 Å². The van der Waals surface area contributed by atoms with Gasteiger partial charge in [0.15, 0.2) is 0 Å². The maximum atomic E-state index is 13.3. The van der Waals surface area contributed by atoms with Crippen LogP contribution in [-0.2, 0) is 12.8 Å². The minimum absolute atomic E-state index is 0.125. The summed E-state index contributed by atoms with van der Waals surface area (Å²) in [6.07, 6.45) is -4.45. The number of benzene rings is 2. The monoisotopic (exact) mass is 294 g/mol. The summed E-state index contributed by atoms with van der Waals surface area (Å²) in [5.74, 6) is 0.125. The van der Waals surface area contributed by atoms with Crippen LogP contribution in [0.1, 0.15) is 36.5 Å². The van der Waals surface area contributed by atoms with Crippen molar-refractivity contribution < 1.29 is 18.3 Å². The molecule has 0 spiro atoms. The number of alkyl halides is 3. The predicted octanol–water partition coefficient (Wildman–Crippen LogP) is 4.99. The van der Waals surface area contributed by atoms with Gasteiger partial charge in [0.2, 0.25) is 0 Å². The van der Waals surface area contributed by atoms with Gasteiger partial charge in [0.05, 0.1) is 12.2 Å². The summed E-state index contributed by atoms with van der Waals surface area (Å²) in [6.45, 7) is 3.50. The fourth-order valence-electron chi connectivity index (χ4n) is 2.40. The Morgan fingerprint density at radius 3 is 2.24 bits per heavy atom. The van der Waals surface area contributed by atoms with Crippen LogP contribution in [0.5, 0.6) is 0 Å². The molecule has 0 atom stereocenters. The molecule has 112 valence electrons. The summed E-state index contributed by atoms with van der Waals surface area (Å²) < 4.78 is 39.9. The van der Waals surface area contributed by atoms with E-state index in [1.165, 1.54) is 12.1 Å². The molecule has 21 heavy (non-hydrogen) atoms. The number of aliphatic hydroxyl groups is 1. The van der Waals surface area contributed by atoms with Crippen molar-refractivity contribution in [2.24, 2.45) is 0 Å². The van der Waals surface area contributed by atoms with Crippen molar-refractivity contribution in [3.05, 3.63) is 59.2 Å². The highest BCUT2D eigenvalue weighted by Gasteiger charge is 2.34. The molecule has 0 aliphatic heterocycles. The molecule has 2 aromatic carbocycles. The largest absolute Gasteiger partial charge is 0.417 e. The van der Waals surface area contributed by atoms with Gasteiger partial charge >= 0.3 is 6.18 Å². The average molecular weight is 294 g/mol. The Labute approximate surface area is 122 Å². The van der Waals surface area contributed by atoms with Crippen LogP contribution in [0.25, 0.3) is 11.1 Å². The van der Waals surface area contributed by atoms with Gasteiger partial charge in [-0.1, -0.05) is 50.2 Å². The van der Waals surface area contributed by atoms with E-state index in [1.54, 1.807) is 12.1 Å². The summed E-state index contributed by atoms with van der Waals surface area (Å²) >= 11 is 0. The first-order chi connectivity index (χ1) is 9.84. The van der Waals surface area contributed by atoms with Crippen LogP contribution in [-0.4, -0.2) is 5.11 Å². The molecule has 0 aromatic heterocycles. The van der Waals surface area contributed by atoms with Crippen molar-refractivity contribution in [1.82, 2.24) is 0 Å². The van der Waals surface area contributed by atoms with Crippen molar-refractivity contribution in [2.45, 2.75) is 32.5 Å². The van der Waals surface area contributed by atoms with Crippen LogP contribution in [0.15, 0.2) is 42.5 Å². The van der Waals surface area contributed by atoms with E-state index < -0.39 is 18.3 Å². The maximum absolute atomic E-state index is 13.3. The van der Waals surface area contributed by atoms with Gasteiger partial charge in [-0.2, -0.15) is 13.2 Å². The summed E-state index contributed by atoms with van der Waals surface area (Å²) in [5, 5.41) is 9.06. The van der Waals surface area contributed by atoms with E-state index in [4.69, 9.17) is 5.11 Å². The minimum atomic E-state index is -4.45. The van der Waals surface area contributed by atoms with E-state index >= 15 is 0 Å². The molecule has 0 heterocycles. The Balaban J connectivity index is 2.70. The Morgan fingerprint density at radius 1 is 1.00 bits per heavy atom. The lowest BCUT2D eigenvalue weighted by Crippen LogP contribution is -2.09. The van der Waals surface area contributed by atoms with E-state index in [-0.39, 0.29) is 17.0 Å². The molecular weight excluding hydrogens is 277 g/mol. The fraction of sp³-hybridized carbons (Fsp3) is 0.294. The quantitative estimate of drug-likeness (QED) is 0.845. The third kappa shape index (κ3) is 3.27. The van der Waals surface area contributed by atoms with Crippen LogP contribution in [0.4, 0.5) is 13.2 Å². The van der Waals surface area contributed by atoms with Crippen LogP contribution >= 0.6 is 0 Å². The molecule has 2 rings (SSSR count). The Bertz CT molecular complexity index is 630. The molecule has 4 heteroatoms. The van der Waals surface area contributed by atoms with Gasteiger partial charge in [-0.15, -0.1) is 0 Å². The molecular formula is C17H17F3O. The molecule has 1 nitrogen and oxygen atoms in total. The standard InChI is InChI=1S/C17H17F3O/c1-11(2)13-5-3-4-6-14(13)15-8-7-12(10-21)9-16(15)17(18,19)20/h3-9,11,21H,10H2,1-2H3. The second kappa shape index (κ2) is 5.90. The lowest BCUT2D eigenvalue weighted by atomic mass is 9.89. The van der Waals surface area contributed by atoms with Crippen LogP contribution in [0.3, 0.4) is 0 Å². The zero-order chi connectivity index (χ0) is 15.6. The number of halogens is 3. The highest BCUT2D eigenvalue weighted by Crippen LogP contribution is 2.40. The molecule has 2 aromatic rings. The first-order valence-corrected chi connectivity index (χ1v) is 6.75. The first-order valence-electron chi connectivity index (χ1n) is 6.75. The van der Waals surface area contributed by atoms with Crippen molar-refractivity contribution in [3.63, 3.8) is 0 Å². The third-order valence-corrected chi connectivity index (χ3v) is 3.44. The van der Waals surface area contributed by atoms with E-state index in [0.717, 1.165) is 11.6 Å². The van der Waals surface area contributed by atoms with Crippen molar-refractivity contribution in [1.29, 1.82) is 0 Å².